The fraction of sp³-hybridized carbons (Fsp3) is 0.375. The van der Waals surface area contributed by atoms with Gasteiger partial charge in [-0.25, -0.2) is 9.97 Å². The maximum absolute atomic E-state index is 11.9. The predicted molar refractivity (Wildman–Crippen MR) is 83.3 cm³/mol. The summed E-state index contributed by atoms with van der Waals surface area (Å²) in [5.41, 5.74) is 1.26. The number of nitrogens with zero attached hydrogens (tertiary/aromatic N) is 3. The van der Waals surface area contributed by atoms with Gasteiger partial charge in [0.2, 0.25) is 0 Å². The van der Waals surface area contributed by atoms with Crippen molar-refractivity contribution in [2.45, 2.75) is 26.4 Å². The highest BCUT2D eigenvalue weighted by Crippen LogP contribution is 2.11. The van der Waals surface area contributed by atoms with E-state index in [1.807, 2.05) is 26.0 Å². The molecule has 0 fully saturated rings. The third-order valence-electron chi connectivity index (χ3n) is 2.89. The Bertz CT molecular complexity index is 585. The van der Waals surface area contributed by atoms with Gasteiger partial charge in [-0.2, -0.15) is 0 Å². The van der Waals surface area contributed by atoms with E-state index in [1.165, 1.54) is 12.4 Å². The van der Waals surface area contributed by atoms with Crippen LogP contribution in [0.1, 0.15) is 30.6 Å². The third kappa shape index (κ3) is 4.89. The van der Waals surface area contributed by atoms with Gasteiger partial charge in [-0.05, 0) is 32.4 Å². The number of hydrogen-bond donors (Lipinski definition) is 1. The molecule has 0 atom stereocenters. The highest BCUT2D eigenvalue weighted by molar-refractivity contribution is 5.93. The number of hydrogen-bond acceptors (Lipinski definition) is 5. The molecule has 0 bridgehead atoms. The molecule has 2 heterocycles. The van der Waals surface area contributed by atoms with Crippen LogP contribution < -0.4 is 5.32 Å². The van der Waals surface area contributed by atoms with E-state index >= 15 is 0 Å². The van der Waals surface area contributed by atoms with Crippen molar-refractivity contribution >= 4 is 5.91 Å². The summed E-state index contributed by atoms with van der Waals surface area (Å²) >= 11 is 0. The minimum atomic E-state index is -0.178. The Hall–Kier alpha value is -2.34. The van der Waals surface area contributed by atoms with Crippen LogP contribution in [-0.4, -0.2) is 40.1 Å². The van der Waals surface area contributed by atoms with E-state index in [0.29, 0.717) is 24.5 Å². The Balaban J connectivity index is 1.84. The maximum Gasteiger partial charge on any atom is 0.254 e. The molecule has 2 rings (SSSR count). The summed E-state index contributed by atoms with van der Waals surface area (Å²) in [6.45, 7) is 5.17. The van der Waals surface area contributed by atoms with Crippen molar-refractivity contribution in [3.63, 3.8) is 0 Å². The van der Waals surface area contributed by atoms with E-state index in [2.05, 4.69) is 20.3 Å². The van der Waals surface area contributed by atoms with Crippen molar-refractivity contribution in [2.75, 3.05) is 13.2 Å². The number of carbonyl (C=O) groups is 1. The number of amides is 1. The van der Waals surface area contributed by atoms with Crippen LogP contribution in [-0.2, 0) is 4.74 Å². The highest BCUT2D eigenvalue weighted by atomic mass is 16.5. The minimum absolute atomic E-state index is 0.178. The quantitative estimate of drug-likeness (QED) is 0.792. The first-order valence-corrected chi connectivity index (χ1v) is 7.29. The Morgan fingerprint density at radius 1 is 1.27 bits per heavy atom. The Labute approximate surface area is 130 Å². The lowest BCUT2D eigenvalue weighted by atomic mass is 10.2. The van der Waals surface area contributed by atoms with Gasteiger partial charge in [-0.15, -0.1) is 0 Å². The van der Waals surface area contributed by atoms with Gasteiger partial charge >= 0.3 is 0 Å². The van der Waals surface area contributed by atoms with Crippen molar-refractivity contribution < 1.29 is 9.53 Å². The van der Waals surface area contributed by atoms with Crippen LogP contribution in [0.15, 0.2) is 36.9 Å². The number of ether oxygens (including phenoxy) is 1. The first-order chi connectivity index (χ1) is 10.7. The van der Waals surface area contributed by atoms with Crippen LogP contribution in [0.25, 0.3) is 11.4 Å². The molecule has 1 amide bonds. The maximum atomic E-state index is 11.9. The molecule has 0 aliphatic heterocycles. The van der Waals surface area contributed by atoms with Gasteiger partial charge in [0.25, 0.3) is 5.91 Å². The molecule has 116 valence electrons. The summed E-state index contributed by atoms with van der Waals surface area (Å²) in [5.74, 6) is 0.372. The molecule has 0 aliphatic rings. The van der Waals surface area contributed by atoms with Crippen LogP contribution in [0.5, 0.6) is 0 Å². The zero-order valence-corrected chi connectivity index (χ0v) is 12.8. The van der Waals surface area contributed by atoms with E-state index < -0.39 is 0 Å². The second-order valence-electron chi connectivity index (χ2n) is 5.07. The van der Waals surface area contributed by atoms with Gasteiger partial charge in [0.05, 0.1) is 11.7 Å². The molecule has 0 aliphatic carbocycles. The van der Waals surface area contributed by atoms with Gasteiger partial charge in [0.15, 0.2) is 5.82 Å². The monoisotopic (exact) mass is 300 g/mol. The van der Waals surface area contributed by atoms with Gasteiger partial charge in [0.1, 0.15) is 0 Å². The number of nitrogens with one attached hydrogen (secondary N) is 1. The van der Waals surface area contributed by atoms with Crippen molar-refractivity contribution in [2.24, 2.45) is 0 Å². The molecule has 0 unspecified atom stereocenters. The normalized spacial score (nSPS) is 10.7. The van der Waals surface area contributed by atoms with Crippen molar-refractivity contribution in [3.8, 4) is 11.4 Å². The predicted octanol–water partition coefficient (Wildman–Crippen LogP) is 2.08. The lowest BCUT2D eigenvalue weighted by molar-refractivity contribution is 0.0757. The van der Waals surface area contributed by atoms with Gasteiger partial charge in [0, 0.05) is 43.5 Å². The summed E-state index contributed by atoms with van der Waals surface area (Å²) in [4.78, 5) is 24.4. The number of aromatic nitrogens is 3. The van der Waals surface area contributed by atoms with Crippen LogP contribution in [0.4, 0.5) is 0 Å². The first kappa shape index (κ1) is 16.0. The average Bonchev–Trinajstić information content (AvgIpc) is 2.55. The Kier molecular flexibility index (Phi) is 5.97. The van der Waals surface area contributed by atoms with Gasteiger partial charge < -0.3 is 10.1 Å². The van der Waals surface area contributed by atoms with Crippen LogP contribution in [0.3, 0.4) is 0 Å². The third-order valence-corrected chi connectivity index (χ3v) is 2.89. The first-order valence-electron chi connectivity index (χ1n) is 7.29. The molecule has 2 aromatic rings. The van der Waals surface area contributed by atoms with E-state index in [-0.39, 0.29) is 12.0 Å². The van der Waals surface area contributed by atoms with Gasteiger partial charge in [-0.1, -0.05) is 0 Å². The summed E-state index contributed by atoms with van der Waals surface area (Å²) in [7, 11) is 0. The van der Waals surface area contributed by atoms with E-state index in [4.69, 9.17) is 4.74 Å². The van der Waals surface area contributed by atoms with Gasteiger partial charge in [-0.3, -0.25) is 9.78 Å². The summed E-state index contributed by atoms with van der Waals surface area (Å²) in [6, 6.07) is 3.69. The highest BCUT2D eigenvalue weighted by Gasteiger charge is 2.07. The molecule has 0 saturated carbocycles. The Morgan fingerprint density at radius 2 is 2.05 bits per heavy atom. The smallest absolute Gasteiger partial charge is 0.254 e. The van der Waals surface area contributed by atoms with Crippen LogP contribution >= 0.6 is 0 Å². The average molecular weight is 300 g/mol. The van der Waals surface area contributed by atoms with E-state index in [0.717, 1.165) is 12.0 Å². The molecular formula is C16H20N4O2. The van der Waals surface area contributed by atoms with E-state index in [1.54, 1.807) is 12.4 Å². The number of carbonyl (C=O) groups excluding carboxylic acids is 1. The lowest BCUT2D eigenvalue weighted by Crippen LogP contribution is -2.25. The molecule has 0 spiro atoms. The molecular weight excluding hydrogens is 280 g/mol. The standard InChI is InChI=1S/C16H20N4O2/c1-12(2)22-8-4-7-18-16(21)14-10-19-15(20-11-14)13-5-3-6-17-9-13/h3,5-6,9-12H,4,7-8H2,1-2H3,(H,18,21). The minimum Gasteiger partial charge on any atom is -0.379 e. The SMILES string of the molecule is CC(C)OCCCNC(=O)c1cnc(-c2cccnc2)nc1. The Morgan fingerprint density at radius 3 is 2.68 bits per heavy atom. The molecule has 0 saturated heterocycles. The molecule has 2 aromatic heterocycles. The van der Waals surface area contributed by atoms with Crippen LogP contribution in [0, 0.1) is 0 Å². The lowest BCUT2D eigenvalue weighted by Gasteiger charge is -2.08. The molecule has 0 aromatic carbocycles. The molecule has 6 heteroatoms. The second kappa shape index (κ2) is 8.19. The summed E-state index contributed by atoms with van der Waals surface area (Å²) in [6.07, 6.45) is 7.41. The van der Waals surface area contributed by atoms with Crippen LogP contribution in [0.2, 0.25) is 0 Å². The van der Waals surface area contributed by atoms with E-state index in [9.17, 15) is 4.79 Å². The molecule has 0 radical (unpaired) electrons. The number of pyridine rings is 1. The van der Waals surface area contributed by atoms with Crippen molar-refractivity contribution in [1.29, 1.82) is 0 Å². The largest absolute Gasteiger partial charge is 0.379 e. The van der Waals surface area contributed by atoms with Crippen molar-refractivity contribution in [3.05, 3.63) is 42.5 Å². The second-order valence-corrected chi connectivity index (χ2v) is 5.07. The summed E-state index contributed by atoms with van der Waals surface area (Å²) in [5, 5.41) is 2.82. The number of rotatable bonds is 7. The zero-order chi connectivity index (χ0) is 15.8. The molecule has 1 N–H and O–H groups in total. The molecule has 6 nitrogen and oxygen atoms in total. The summed E-state index contributed by atoms with van der Waals surface area (Å²) < 4.78 is 5.41. The molecule has 22 heavy (non-hydrogen) atoms. The fourth-order valence-electron chi connectivity index (χ4n) is 1.78. The topological polar surface area (TPSA) is 77.0 Å². The fourth-order valence-corrected chi connectivity index (χ4v) is 1.78. The zero-order valence-electron chi connectivity index (χ0n) is 12.8. The van der Waals surface area contributed by atoms with Crippen molar-refractivity contribution in [1.82, 2.24) is 20.3 Å².